The Labute approximate surface area is 138 Å². The number of nitrogens with zero attached hydrogens (tertiary/aromatic N) is 3. The smallest absolute Gasteiger partial charge is 0.131 e. The van der Waals surface area contributed by atoms with Crippen LogP contribution >= 0.6 is 11.3 Å². The lowest BCUT2D eigenvalue weighted by atomic mass is 10.2. The monoisotopic (exact) mass is 319 g/mol. The minimum atomic E-state index is 0.480. The highest BCUT2D eigenvalue weighted by molar-refractivity contribution is 7.07. The highest BCUT2D eigenvalue weighted by Crippen LogP contribution is 2.16. The number of rotatable bonds is 5. The molecule has 0 radical (unpaired) electrons. The van der Waals surface area contributed by atoms with Crippen LogP contribution < -0.4 is 4.74 Å². The number of ether oxygens (including phenoxy) is 1. The first-order valence-electron chi connectivity index (χ1n) is 6.98. The molecule has 0 aliphatic heterocycles. The zero-order valence-electron chi connectivity index (χ0n) is 12.2. The molecule has 0 amide bonds. The second-order valence-corrected chi connectivity index (χ2v) is 5.47. The summed E-state index contributed by atoms with van der Waals surface area (Å²) in [6, 6.07) is 13.4. The van der Waals surface area contributed by atoms with Crippen LogP contribution in [0.15, 0.2) is 53.5 Å². The van der Waals surface area contributed by atoms with Crippen molar-refractivity contribution in [2.45, 2.75) is 6.61 Å². The van der Waals surface area contributed by atoms with E-state index >= 15 is 0 Å². The second-order valence-electron chi connectivity index (χ2n) is 4.75. The summed E-state index contributed by atoms with van der Waals surface area (Å²) in [6.45, 7) is 0.480. The Balaban J connectivity index is 1.60. The number of hydrogen-bond acceptors (Lipinski definition) is 5. The summed E-state index contributed by atoms with van der Waals surface area (Å²) >= 11 is 1.56. The van der Waals surface area contributed by atoms with E-state index in [0.717, 1.165) is 22.7 Å². The Morgan fingerprint density at radius 2 is 1.96 bits per heavy atom. The Hall–Kier alpha value is -2.97. The normalized spacial score (nSPS) is 10.6. The molecule has 0 saturated heterocycles. The number of hydrogen-bond donors (Lipinski definition) is 0. The third-order valence-electron chi connectivity index (χ3n) is 3.11. The van der Waals surface area contributed by atoms with Gasteiger partial charge in [-0.2, -0.15) is 5.26 Å². The number of benzene rings is 1. The van der Waals surface area contributed by atoms with Gasteiger partial charge in [0.15, 0.2) is 0 Å². The van der Waals surface area contributed by atoms with Gasteiger partial charge in [0, 0.05) is 11.6 Å². The van der Waals surface area contributed by atoms with E-state index in [9.17, 15) is 0 Å². The molecule has 0 spiro atoms. The molecule has 0 aliphatic carbocycles. The summed E-state index contributed by atoms with van der Waals surface area (Å²) in [5.41, 5.74) is 5.16. The molecule has 2 aromatic heterocycles. The molecule has 1 aromatic carbocycles. The van der Waals surface area contributed by atoms with E-state index in [2.05, 4.69) is 16.0 Å². The molecule has 3 rings (SSSR count). The molecule has 4 nitrogen and oxygen atoms in total. The maximum Gasteiger partial charge on any atom is 0.131 e. The summed E-state index contributed by atoms with van der Waals surface area (Å²) in [5, 5.41) is 10.7. The molecule has 0 bridgehead atoms. The largest absolute Gasteiger partial charge is 0.487 e. The SMILES string of the molecule is N#Cc1ccc(/C=C/c2ccc(OCc3cscn3)cc2)nc1. The van der Waals surface area contributed by atoms with Gasteiger partial charge in [-0.15, -0.1) is 11.3 Å². The van der Waals surface area contributed by atoms with Crippen molar-refractivity contribution < 1.29 is 4.74 Å². The first-order chi connectivity index (χ1) is 11.3. The van der Waals surface area contributed by atoms with E-state index in [1.54, 1.807) is 29.1 Å². The summed E-state index contributed by atoms with van der Waals surface area (Å²) in [5.74, 6) is 0.812. The summed E-state index contributed by atoms with van der Waals surface area (Å²) in [7, 11) is 0. The van der Waals surface area contributed by atoms with Crippen LogP contribution in [0.5, 0.6) is 5.75 Å². The lowest BCUT2D eigenvalue weighted by Crippen LogP contribution is -1.94. The van der Waals surface area contributed by atoms with Crippen LogP contribution in [-0.2, 0) is 6.61 Å². The van der Waals surface area contributed by atoms with Crippen LogP contribution in [-0.4, -0.2) is 9.97 Å². The number of pyridine rings is 1. The molecule has 3 aromatic rings. The van der Waals surface area contributed by atoms with Crippen LogP contribution in [0, 0.1) is 11.3 Å². The van der Waals surface area contributed by atoms with Gasteiger partial charge in [0.1, 0.15) is 18.4 Å². The highest BCUT2D eigenvalue weighted by atomic mass is 32.1. The van der Waals surface area contributed by atoms with Crippen molar-refractivity contribution in [1.82, 2.24) is 9.97 Å². The lowest BCUT2D eigenvalue weighted by molar-refractivity contribution is 0.302. The van der Waals surface area contributed by atoms with E-state index in [0.29, 0.717) is 12.2 Å². The van der Waals surface area contributed by atoms with Crippen molar-refractivity contribution in [3.8, 4) is 11.8 Å². The number of aromatic nitrogens is 2. The maximum atomic E-state index is 8.74. The zero-order chi connectivity index (χ0) is 15.9. The van der Waals surface area contributed by atoms with Gasteiger partial charge in [-0.05, 0) is 35.9 Å². The van der Waals surface area contributed by atoms with Crippen molar-refractivity contribution in [2.75, 3.05) is 0 Å². The molecule has 23 heavy (non-hydrogen) atoms. The average molecular weight is 319 g/mol. The fourth-order valence-electron chi connectivity index (χ4n) is 1.89. The van der Waals surface area contributed by atoms with Crippen LogP contribution in [0.4, 0.5) is 0 Å². The highest BCUT2D eigenvalue weighted by Gasteiger charge is 1.98. The van der Waals surface area contributed by atoms with E-state index in [1.165, 1.54) is 0 Å². The Bertz CT molecular complexity index is 816. The van der Waals surface area contributed by atoms with Crippen LogP contribution in [0.1, 0.15) is 22.5 Å². The molecular weight excluding hydrogens is 306 g/mol. The Morgan fingerprint density at radius 3 is 2.61 bits per heavy atom. The topological polar surface area (TPSA) is 58.8 Å². The van der Waals surface area contributed by atoms with Gasteiger partial charge < -0.3 is 4.74 Å². The van der Waals surface area contributed by atoms with Gasteiger partial charge in [-0.1, -0.05) is 18.2 Å². The summed E-state index contributed by atoms with van der Waals surface area (Å²) in [6.07, 6.45) is 5.44. The fraction of sp³-hybridized carbons (Fsp3) is 0.0556. The van der Waals surface area contributed by atoms with E-state index in [1.807, 2.05) is 47.9 Å². The van der Waals surface area contributed by atoms with Gasteiger partial charge in [-0.25, -0.2) is 4.98 Å². The third kappa shape index (κ3) is 4.25. The quantitative estimate of drug-likeness (QED) is 0.708. The summed E-state index contributed by atoms with van der Waals surface area (Å²) in [4.78, 5) is 8.38. The van der Waals surface area contributed by atoms with Crippen molar-refractivity contribution in [1.29, 1.82) is 5.26 Å². The van der Waals surface area contributed by atoms with Crippen molar-refractivity contribution in [3.05, 3.63) is 76.0 Å². The summed E-state index contributed by atoms with van der Waals surface area (Å²) < 4.78 is 5.67. The molecule has 0 atom stereocenters. The van der Waals surface area contributed by atoms with E-state index < -0.39 is 0 Å². The van der Waals surface area contributed by atoms with Crippen LogP contribution in [0.25, 0.3) is 12.2 Å². The van der Waals surface area contributed by atoms with Gasteiger partial charge in [0.25, 0.3) is 0 Å². The lowest BCUT2D eigenvalue weighted by Gasteiger charge is -2.04. The number of thiazole rings is 1. The minimum absolute atomic E-state index is 0.480. The molecule has 2 heterocycles. The van der Waals surface area contributed by atoms with Crippen LogP contribution in [0.3, 0.4) is 0 Å². The minimum Gasteiger partial charge on any atom is -0.487 e. The fourth-order valence-corrected chi connectivity index (χ4v) is 2.44. The van der Waals surface area contributed by atoms with Gasteiger partial charge >= 0.3 is 0 Å². The van der Waals surface area contributed by atoms with E-state index in [-0.39, 0.29) is 0 Å². The molecule has 0 unspecified atom stereocenters. The molecule has 0 saturated carbocycles. The molecular formula is C18H13N3OS. The average Bonchev–Trinajstić information content (AvgIpc) is 3.13. The third-order valence-corrected chi connectivity index (χ3v) is 3.75. The molecule has 0 aliphatic rings. The van der Waals surface area contributed by atoms with Crippen molar-refractivity contribution in [3.63, 3.8) is 0 Å². The predicted molar refractivity (Wildman–Crippen MR) is 90.8 cm³/mol. The molecule has 112 valence electrons. The standard InChI is InChI=1S/C18H13N3OS/c19-9-15-2-6-16(20-10-15)5-1-14-3-7-18(8-4-14)22-11-17-12-23-13-21-17/h1-8,10,12-13H,11H2/b5-1+. The van der Waals surface area contributed by atoms with Crippen LogP contribution in [0.2, 0.25) is 0 Å². The van der Waals surface area contributed by atoms with Gasteiger partial charge in [0.05, 0.1) is 22.5 Å². The molecule has 0 N–H and O–H groups in total. The van der Waals surface area contributed by atoms with Crippen molar-refractivity contribution in [2.24, 2.45) is 0 Å². The Morgan fingerprint density at radius 1 is 1.09 bits per heavy atom. The first-order valence-corrected chi connectivity index (χ1v) is 7.92. The van der Waals surface area contributed by atoms with E-state index in [4.69, 9.17) is 10.00 Å². The number of nitriles is 1. The maximum absolute atomic E-state index is 8.74. The van der Waals surface area contributed by atoms with Gasteiger partial charge in [0.2, 0.25) is 0 Å². The molecule has 5 heteroatoms. The van der Waals surface area contributed by atoms with Gasteiger partial charge in [-0.3, -0.25) is 4.98 Å². The first kappa shape index (κ1) is 14.9. The molecule has 0 fully saturated rings. The predicted octanol–water partition coefficient (Wildman–Crippen LogP) is 4.16. The Kier molecular flexibility index (Phi) is 4.77. The zero-order valence-corrected chi connectivity index (χ0v) is 13.0. The van der Waals surface area contributed by atoms with Crippen molar-refractivity contribution >= 4 is 23.5 Å². The second kappa shape index (κ2) is 7.34.